The molecule has 112 valence electrons. The van der Waals surface area contributed by atoms with Gasteiger partial charge in [-0.3, -0.25) is 4.79 Å². The number of carbonyl (C=O) groups is 1. The Morgan fingerprint density at radius 3 is 2.32 bits per heavy atom. The fraction of sp³-hybridized carbons (Fsp3) is 0.923. The lowest BCUT2D eigenvalue weighted by molar-refractivity contribution is -0.145. The van der Waals surface area contributed by atoms with Crippen LogP contribution in [0.5, 0.6) is 0 Å². The Kier molecular flexibility index (Phi) is 9.61. The predicted molar refractivity (Wildman–Crippen MR) is 68.1 cm³/mol. The number of carbonyl (C=O) groups excluding carboxylic acids is 1. The van der Waals surface area contributed by atoms with Crippen molar-refractivity contribution in [3.05, 3.63) is 0 Å². The van der Waals surface area contributed by atoms with Crippen LogP contribution in [0.2, 0.25) is 0 Å². The molecular formula is C13H24O6. The number of ether oxygens (including phenoxy) is 5. The van der Waals surface area contributed by atoms with Crippen LogP contribution in [0.4, 0.5) is 0 Å². The Balaban J connectivity index is 2.29. The minimum absolute atomic E-state index is 0.216. The first-order valence-electron chi connectivity index (χ1n) is 6.74. The molecule has 0 amide bonds. The van der Waals surface area contributed by atoms with Crippen LogP contribution >= 0.6 is 0 Å². The van der Waals surface area contributed by atoms with Crippen LogP contribution in [0.15, 0.2) is 0 Å². The van der Waals surface area contributed by atoms with Gasteiger partial charge >= 0.3 is 5.97 Å². The summed E-state index contributed by atoms with van der Waals surface area (Å²) < 4.78 is 26.5. The topological polar surface area (TPSA) is 63.2 Å². The second-order valence-electron chi connectivity index (χ2n) is 4.28. The van der Waals surface area contributed by atoms with E-state index in [2.05, 4.69) is 4.74 Å². The molecule has 0 N–H and O–H groups in total. The van der Waals surface area contributed by atoms with Gasteiger partial charge in [0.05, 0.1) is 39.5 Å². The fourth-order valence-electron chi connectivity index (χ4n) is 1.65. The second-order valence-corrected chi connectivity index (χ2v) is 4.28. The van der Waals surface area contributed by atoms with Gasteiger partial charge < -0.3 is 23.7 Å². The maximum Gasteiger partial charge on any atom is 0.308 e. The average Bonchev–Trinajstić information content (AvgIpc) is 2.42. The number of esters is 1. The summed E-state index contributed by atoms with van der Waals surface area (Å²) >= 11 is 0. The lowest BCUT2D eigenvalue weighted by atomic mass is 10.2. The molecule has 0 aromatic heterocycles. The Labute approximate surface area is 114 Å². The van der Waals surface area contributed by atoms with Crippen molar-refractivity contribution in [2.24, 2.45) is 0 Å². The first-order valence-corrected chi connectivity index (χ1v) is 6.74. The highest BCUT2D eigenvalue weighted by Gasteiger charge is 2.15. The van der Waals surface area contributed by atoms with Crippen molar-refractivity contribution in [3.8, 4) is 0 Å². The number of methoxy groups -OCH3 is 1. The van der Waals surface area contributed by atoms with Gasteiger partial charge in [0.1, 0.15) is 0 Å². The smallest absolute Gasteiger partial charge is 0.308 e. The zero-order chi connectivity index (χ0) is 13.8. The molecule has 1 atom stereocenters. The van der Waals surface area contributed by atoms with Crippen LogP contribution in [0.1, 0.15) is 19.3 Å². The van der Waals surface area contributed by atoms with Crippen LogP contribution in [-0.4, -0.2) is 65.4 Å². The Bertz CT molecular complexity index is 219. The molecule has 6 heteroatoms. The standard InChI is InChI=1S/C13H24O6/c1-15-13(14)10-12-11-18-6-2-4-16-8-9-17-5-3-7-19-12/h12H,2-11H2,1H3. The predicted octanol–water partition coefficient (Wildman–Crippen LogP) is 0.778. The summed E-state index contributed by atoms with van der Waals surface area (Å²) in [5.74, 6) is -0.283. The molecule has 1 saturated heterocycles. The summed E-state index contributed by atoms with van der Waals surface area (Å²) in [4.78, 5) is 11.3. The van der Waals surface area contributed by atoms with Crippen LogP contribution in [0, 0.1) is 0 Å². The zero-order valence-electron chi connectivity index (χ0n) is 11.6. The van der Waals surface area contributed by atoms with Gasteiger partial charge in [-0.2, -0.15) is 0 Å². The van der Waals surface area contributed by atoms with Gasteiger partial charge in [-0.15, -0.1) is 0 Å². The van der Waals surface area contributed by atoms with E-state index in [0.717, 1.165) is 12.8 Å². The van der Waals surface area contributed by atoms with Crippen LogP contribution in [-0.2, 0) is 28.5 Å². The molecule has 1 rings (SSSR count). The van der Waals surface area contributed by atoms with E-state index < -0.39 is 0 Å². The van der Waals surface area contributed by atoms with E-state index in [-0.39, 0.29) is 18.5 Å². The molecule has 1 unspecified atom stereocenters. The van der Waals surface area contributed by atoms with Crippen molar-refractivity contribution >= 4 is 5.97 Å². The molecule has 1 heterocycles. The molecule has 0 spiro atoms. The molecule has 0 aliphatic carbocycles. The monoisotopic (exact) mass is 276 g/mol. The summed E-state index contributed by atoms with van der Waals surface area (Å²) in [6.07, 6.45) is 1.58. The van der Waals surface area contributed by atoms with Crippen molar-refractivity contribution in [1.29, 1.82) is 0 Å². The second kappa shape index (κ2) is 11.2. The van der Waals surface area contributed by atoms with E-state index in [1.807, 2.05) is 0 Å². The van der Waals surface area contributed by atoms with Crippen LogP contribution in [0.3, 0.4) is 0 Å². The highest BCUT2D eigenvalue weighted by Crippen LogP contribution is 2.04. The molecule has 0 aromatic carbocycles. The van der Waals surface area contributed by atoms with Gasteiger partial charge in [0, 0.05) is 26.4 Å². The third-order valence-corrected chi connectivity index (χ3v) is 2.66. The average molecular weight is 276 g/mol. The maximum atomic E-state index is 11.3. The SMILES string of the molecule is COC(=O)CC1COCCCOCCOCCCO1. The summed E-state index contributed by atoms with van der Waals surface area (Å²) in [6.45, 7) is 4.06. The van der Waals surface area contributed by atoms with Crippen molar-refractivity contribution in [2.45, 2.75) is 25.4 Å². The summed E-state index contributed by atoms with van der Waals surface area (Å²) in [5.41, 5.74) is 0. The third kappa shape index (κ3) is 8.93. The normalized spacial score (nSPS) is 24.4. The van der Waals surface area contributed by atoms with E-state index >= 15 is 0 Å². The Morgan fingerprint density at radius 1 is 1.00 bits per heavy atom. The molecule has 19 heavy (non-hydrogen) atoms. The van der Waals surface area contributed by atoms with Crippen LogP contribution in [0.25, 0.3) is 0 Å². The molecule has 0 saturated carbocycles. The maximum absolute atomic E-state index is 11.3. The minimum Gasteiger partial charge on any atom is -0.469 e. The third-order valence-electron chi connectivity index (χ3n) is 2.66. The quantitative estimate of drug-likeness (QED) is 0.694. The van der Waals surface area contributed by atoms with Gasteiger partial charge in [0.2, 0.25) is 0 Å². The zero-order valence-corrected chi connectivity index (χ0v) is 11.6. The fourth-order valence-corrected chi connectivity index (χ4v) is 1.65. The largest absolute Gasteiger partial charge is 0.469 e. The molecule has 0 bridgehead atoms. The molecule has 0 aromatic rings. The van der Waals surface area contributed by atoms with E-state index in [4.69, 9.17) is 18.9 Å². The van der Waals surface area contributed by atoms with Crippen LogP contribution < -0.4 is 0 Å². The highest BCUT2D eigenvalue weighted by molar-refractivity contribution is 5.69. The summed E-state index contributed by atoms with van der Waals surface area (Å²) in [7, 11) is 1.37. The molecule has 0 radical (unpaired) electrons. The Morgan fingerprint density at radius 2 is 1.63 bits per heavy atom. The number of hydrogen-bond acceptors (Lipinski definition) is 6. The van der Waals surface area contributed by atoms with E-state index in [1.165, 1.54) is 7.11 Å². The first-order chi connectivity index (χ1) is 9.33. The van der Waals surface area contributed by atoms with E-state index in [9.17, 15) is 4.79 Å². The Hall–Kier alpha value is -0.690. The first kappa shape index (κ1) is 16.4. The molecule has 1 fully saturated rings. The molecule has 1 aliphatic rings. The highest BCUT2D eigenvalue weighted by atomic mass is 16.5. The van der Waals surface area contributed by atoms with Crippen molar-refractivity contribution < 1.29 is 28.5 Å². The van der Waals surface area contributed by atoms with E-state index in [1.54, 1.807) is 0 Å². The minimum atomic E-state index is -0.283. The van der Waals surface area contributed by atoms with Gasteiger partial charge in [0.25, 0.3) is 0 Å². The molecule has 6 nitrogen and oxygen atoms in total. The summed E-state index contributed by atoms with van der Waals surface area (Å²) in [6, 6.07) is 0. The van der Waals surface area contributed by atoms with Crippen molar-refractivity contribution in [3.63, 3.8) is 0 Å². The van der Waals surface area contributed by atoms with E-state index in [0.29, 0.717) is 46.2 Å². The van der Waals surface area contributed by atoms with Crippen molar-refractivity contribution in [2.75, 3.05) is 53.4 Å². The van der Waals surface area contributed by atoms with Gasteiger partial charge in [0.15, 0.2) is 0 Å². The summed E-state index contributed by atoms with van der Waals surface area (Å²) in [5, 5.41) is 0. The van der Waals surface area contributed by atoms with Gasteiger partial charge in [-0.25, -0.2) is 0 Å². The van der Waals surface area contributed by atoms with Gasteiger partial charge in [-0.1, -0.05) is 0 Å². The molecular weight excluding hydrogens is 252 g/mol. The number of hydrogen-bond donors (Lipinski definition) is 0. The van der Waals surface area contributed by atoms with Crippen molar-refractivity contribution in [1.82, 2.24) is 0 Å². The number of rotatable bonds is 2. The lowest BCUT2D eigenvalue weighted by Crippen LogP contribution is -2.25. The lowest BCUT2D eigenvalue weighted by Gasteiger charge is -2.17. The van der Waals surface area contributed by atoms with Gasteiger partial charge in [-0.05, 0) is 12.8 Å². The molecule has 1 aliphatic heterocycles.